The summed E-state index contributed by atoms with van der Waals surface area (Å²) in [6, 6.07) is 11.3. The van der Waals surface area contributed by atoms with Gasteiger partial charge in [0, 0.05) is 47.2 Å². The largest absolute Gasteiger partial charge is 0.507 e. The molecule has 1 atom stereocenters. The highest BCUT2D eigenvalue weighted by Crippen LogP contribution is 2.51. The van der Waals surface area contributed by atoms with Gasteiger partial charge in [-0.2, -0.15) is 0 Å². The van der Waals surface area contributed by atoms with E-state index in [1.165, 1.54) is 19.2 Å². The second-order valence-corrected chi connectivity index (χ2v) is 11.4. The molecule has 0 spiro atoms. The number of para-hydroxylation sites is 1. The molecule has 0 saturated carbocycles. The topological polar surface area (TPSA) is 111 Å². The molecule has 3 aromatic carbocycles. The van der Waals surface area contributed by atoms with Gasteiger partial charge in [-0.1, -0.05) is 17.7 Å². The number of rotatable bonds is 4. The van der Waals surface area contributed by atoms with Gasteiger partial charge in [0.1, 0.15) is 34.2 Å². The first kappa shape index (κ1) is 27.2. The van der Waals surface area contributed by atoms with Crippen LogP contribution in [0.4, 0.5) is 0 Å². The van der Waals surface area contributed by atoms with Crippen LogP contribution in [0.1, 0.15) is 50.3 Å². The lowest BCUT2D eigenvalue weighted by molar-refractivity contribution is 0.156. The smallest absolute Gasteiger partial charge is 0.336 e. The minimum atomic E-state index is -0.716. The average molecular weight is 566 g/mol. The van der Waals surface area contributed by atoms with Crippen molar-refractivity contribution in [1.82, 2.24) is 4.57 Å². The number of phenolic OH excluding ortho intramolecular Hbond substituents is 2. The molecule has 1 aliphatic heterocycles. The Kier molecular flexibility index (Phi) is 6.18. The van der Waals surface area contributed by atoms with Gasteiger partial charge < -0.3 is 28.7 Å². The number of nitrogens with zero attached hydrogens (tertiary/aromatic N) is 1. The minimum absolute atomic E-state index is 0.0395. The molecule has 8 nitrogen and oxygen atoms in total. The Balaban J connectivity index is 1.81. The Bertz CT molecular complexity index is 2130. The van der Waals surface area contributed by atoms with E-state index in [4.69, 9.17) is 13.9 Å². The lowest BCUT2D eigenvalue weighted by Crippen LogP contribution is -2.29. The van der Waals surface area contributed by atoms with E-state index < -0.39 is 22.6 Å². The number of aromatic hydroxyl groups is 2. The molecule has 214 valence electrons. The Hall–Kier alpha value is -4.98. The Labute approximate surface area is 241 Å². The van der Waals surface area contributed by atoms with Crippen LogP contribution in [0.2, 0.25) is 0 Å². The van der Waals surface area contributed by atoms with Gasteiger partial charge in [0.15, 0.2) is 0 Å². The molecule has 6 rings (SSSR count). The van der Waals surface area contributed by atoms with E-state index in [2.05, 4.69) is 0 Å². The summed E-state index contributed by atoms with van der Waals surface area (Å²) >= 11 is 0. The summed E-state index contributed by atoms with van der Waals surface area (Å²) in [5, 5.41) is 24.0. The van der Waals surface area contributed by atoms with Crippen molar-refractivity contribution in [3.63, 3.8) is 0 Å². The van der Waals surface area contributed by atoms with Crippen LogP contribution >= 0.6 is 0 Å². The van der Waals surface area contributed by atoms with Crippen LogP contribution in [0.25, 0.3) is 38.9 Å². The maximum atomic E-state index is 14.1. The van der Waals surface area contributed by atoms with Gasteiger partial charge in [-0.15, -0.1) is 0 Å². The quantitative estimate of drug-likeness (QED) is 0.145. The van der Waals surface area contributed by atoms with Gasteiger partial charge in [-0.3, -0.25) is 4.79 Å². The van der Waals surface area contributed by atoms with Crippen LogP contribution < -0.4 is 20.5 Å². The molecule has 0 fully saturated rings. The zero-order valence-electron chi connectivity index (χ0n) is 24.2. The lowest BCUT2D eigenvalue weighted by Gasteiger charge is -2.33. The number of methoxy groups -OCH3 is 1. The molecule has 8 heteroatoms. The van der Waals surface area contributed by atoms with Gasteiger partial charge in [-0.05, 0) is 64.1 Å². The van der Waals surface area contributed by atoms with Gasteiger partial charge in [0.05, 0.1) is 28.9 Å². The van der Waals surface area contributed by atoms with Gasteiger partial charge >= 0.3 is 5.63 Å². The zero-order valence-corrected chi connectivity index (χ0v) is 24.2. The minimum Gasteiger partial charge on any atom is -0.507 e. The summed E-state index contributed by atoms with van der Waals surface area (Å²) in [5.74, 6) is -0.0189. The fraction of sp³-hybridized carbons (Fsp3) is 0.235. The van der Waals surface area contributed by atoms with Crippen molar-refractivity contribution < 1.29 is 24.1 Å². The number of aryl methyl sites for hydroxylation is 1. The summed E-state index contributed by atoms with van der Waals surface area (Å²) in [4.78, 5) is 26.0. The number of ether oxygens (including phenoxy) is 2. The van der Waals surface area contributed by atoms with Crippen molar-refractivity contribution in [3.8, 4) is 23.0 Å². The predicted octanol–water partition coefficient (Wildman–Crippen LogP) is 6.50. The fourth-order valence-electron chi connectivity index (χ4n) is 5.95. The van der Waals surface area contributed by atoms with Crippen molar-refractivity contribution in [2.75, 3.05) is 7.11 Å². The van der Waals surface area contributed by atoms with E-state index in [1.807, 2.05) is 52.0 Å². The summed E-state index contributed by atoms with van der Waals surface area (Å²) in [6.45, 7) is 7.72. The number of hydrogen-bond donors (Lipinski definition) is 2. The van der Waals surface area contributed by atoms with E-state index >= 15 is 0 Å². The SMILES string of the molecule is COc1cc2oc(=O)ccc2cc1[C@H](C=C(C)C)c1c2c(c3c(c1O)c(=O)c1cccc(O)c1n3C)C=CC(C)(C)O2. The maximum Gasteiger partial charge on any atom is 0.336 e. The molecule has 2 aromatic heterocycles. The molecule has 0 unspecified atom stereocenters. The highest BCUT2D eigenvalue weighted by Gasteiger charge is 2.35. The first-order valence-electron chi connectivity index (χ1n) is 13.6. The van der Waals surface area contributed by atoms with E-state index in [1.54, 1.807) is 35.9 Å². The summed E-state index contributed by atoms with van der Waals surface area (Å²) in [6.07, 6.45) is 5.79. The highest BCUT2D eigenvalue weighted by atomic mass is 16.5. The third-order valence-corrected chi connectivity index (χ3v) is 7.76. The van der Waals surface area contributed by atoms with Crippen LogP contribution in [0.15, 0.2) is 74.2 Å². The fourth-order valence-corrected chi connectivity index (χ4v) is 5.95. The Morgan fingerprint density at radius 1 is 1.07 bits per heavy atom. The van der Waals surface area contributed by atoms with Crippen LogP contribution in [0, 0.1) is 0 Å². The third-order valence-electron chi connectivity index (χ3n) is 7.76. The zero-order chi connectivity index (χ0) is 30.1. The molecule has 0 saturated heterocycles. The number of benzene rings is 3. The maximum absolute atomic E-state index is 14.1. The number of allylic oxidation sites excluding steroid dienone is 2. The van der Waals surface area contributed by atoms with Crippen molar-refractivity contribution in [1.29, 1.82) is 0 Å². The molecule has 3 heterocycles. The average Bonchev–Trinajstić information content (AvgIpc) is 2.93. The third kappa shape index (κ3) is 4.13. The van der Waals surface area contributed by atoms with E-state index in [9.17, 15) is 19.8 Å². The highest BCUT2D eigenvalue weighted by molar-refractivity contribution is 6.04. The van der Waals surface area contributed by atoms with Gasteiger partial charge in [-0.25, -0.2) is 4.79 Å². The Morgan fingerprint density at radius 2 is 1.83 bits per heavy atom. The summed E-state index contributed by atoms with van der Waals surface area (Å²) in [5.41, 5.74) is 2.23. The first-order chi connectivity index (χ1) is 19.9. The molecular formula is C34H31NO7. The van der Waals surface area contributed by atoms with Crippen molar-refractivity contribution >= 4 is 38.9 Å². The standard InChI is InChI=1S/C34H31NO7/c1-17(2)14-22(21-15-18-10-11-26(37)41-24(18)16-25(21)40-6)27-32(39)28-30(20-12-13-34(3,4)42-33(20)27)35(5)29-19(31(28)38)8-7-9-23(29)36/h7-16,22,36,39H,1-6H3/t22-/m0/s1. The second kappa shape index (κ2) is 9.55. The molecule has 2 N–H and O–H groups in total. The Morgan fingerprint density at radius 3 is 2.55 bits per heavy atom. The molecular weight excluding hydrogens is 534 g/mol. The molecule has 0 aliphatic carbocycles. The van der Waals surface area contributed by atoms with E-state index in [-0.39, 0.29) is 22.3 Å². The number of hydrogen-bond acceptors (Lipinski definition) is 7. The summed E-state index contributed by atoms with van der Waals surface area (Å²) < 4.78 is 19.5. The van der Waals surface area contributed by atoms with E-state index in [0.717, 1.165) is 5.57 Å². The molecule has 0 bridgehead atoms. The summed E-state index contributed by atoms with van der Waals surface area (Å²) in [7, 11) is 3.28. The molecule has 5 aromatic rings. The predicted molar refractivity (Wildman–Crippen MR) is 164 cm³/mol. The number of phenols is 2. The molecule has 1 aliphatic rings. The van der Waals surface area contributed by atoms with Gasteiger partial charge in [0.25, 0.3) is 0 Å². The number of pyridine rings is 1. The van der Waals surface area contributed by atoms with Crippen LogP contribution in [-0.2, 0) is 7.05 Å². The normalized spacial score (nSPS) is 14.5. The van der Waals surface area contributed by atoms with E-state index in [0.29, 0.717) is 50.2 Å². The molecule has 42 heavy (non-hydrogen) atoms. The molecule has 0 amide bonds. The monoisotopic (exact) mass is 565 g/mol. The van der Waals surface area contributed by atoms with Gasteiger partial charge in [0.2, 0.25) is 5.43 Å². The van der Waals surface area contributed by atoms with Crippen molar-refractivity contribution in [3.05, 3.63) is 97.5 Å². The van der Waals surface area contributed by atoms with Crippen LogP contribution in [0.5, 0.6) is 23.0 Å². The second-order valence-electron chi connectivity index (χ2n) is 11.4. The number of fused-ring (bicyclic) bond motifs is 5. The molecule has 0 radical (unpaired) electrons. The first-order valence-corrected chi connectivity index (χ1v) is 13.6. The lowest BCUT2D eigenvalue weighted by atomic mass is 9.83. The van der Waals surface area contributed by atoms with Crippen LogP contribution in [0.3, 0.4) is 0 Å². The number of aromatic nitrogens is 1. The van der Waals surface area contributed by atoms with Crippen molar-refractivity contribution in [2.45, 2.75) is 39.2 Å². The van der Waals surface area contributed by atoms with Crippen LogP contribution in [-0.4, -0.2) is 27.5 Å². The van der Waals surface area contributed by atoms with Crippen molar-refractivity contribution in [2.24, 2.45) is 7.05 Å².